The smallest absolute Gasteiger partial charge is 0.220 e. The van der Waals surface area contributed by atoms with Crippen molar-refractivity contribution in [1.29, 1.82) is 0 Å². The van der Waals surface area contributed by atoms with Crippen molar-refractivity contribution in [3.05, 3.63) is 28.5 Å². The van der Waals surface area contributed by atoms with Gasteiger partial charge in [0.05, 0.1) is 0 Å². The maximum absolute atomic E-state index is 11.0. The SMILES string of the molecule is NC(=O)C1CCC(c2ccc(Br)cn2)C1. The van der Waals surface area contributed by atoms with Gasteiger partial charge in [-0.1, -0.05) is 0 Å². The number of pyridine rings is 1. The number of aromatic nitrogens is 1. The third-order valence-electron chi connectivity index (χ3n) is 3.00. The van der Waals surface area contributed by atoms with E-state index in [1.165, 1.54) is 0 Å². The number of nitrogens with zero attached hydrogens (tertiary/aromatic N) is 1. The number of rotatable bonds is 2. The molecule has 1 aliphatic rings. The number of carbonyl (C=O) groups is 1. The molecule has 1 fully saturated rings. The molecule has 1 aromatic heterocycles. The third-order valence-corrected chi connectivity index (χ3v) is 3.47. The van der Waals surface area contributed by atoms with Crippen molar-refractivity contribution in [3.63, 3.8) is 0 Å². The van der Waals surface area contributed by atoms with Crippen LogP contribution in [0, 0.1) is 5.92 Å². The fraction of sp³-hybridized carbons (Fsp3) is 0.455. The van der Waals surface area contributed by atoms with Gasteiger partial charge in [0.1, 0.15) is 0 Å². The summed E-state index contributed by atoms with van der Waals surface area (Å²) in [5, 5.41) is 0. The van der Waals surface area contributed by atoms with Crippen LogP contribution in [-0.4, -0.2) is 10.9 Å². The standard InChI is InChI=1S/C11H13BrN2O/c12-9-3-4-10(14-6-9)7-1-2-8(5-7)11(13)15/h3-4,6-8H,1-2,5H2,(H2,13,15). The second kappa shape index (κ2) is 4.31. The van der Waals surface area contributed by atoms with E-state index < -0.39 is 0 Å². The summed E-state index contributed by atoms with van der Waals surface area (Å²) in [6.07, 6.45) is 4.57. The van der Waals surface area contributed by atoms with E-state index in [1.54, 1.807) is 6.20 Å². The Morgan fingerprint density at radius 3 is 2.80 bits per heavy atom. The topological polar surface area (TPSA) is 56.0 Å². The predicted octanol–water partition coefficient (Wildman–Crippen LogP) is 2.21. The highest BCUT2D eigenvalue weighted by Gasteiger charge is 2.29. The van der Waals surface area contributed by atoms with Gasteiger partial charge in [0.25, 0.3) is 0 Å². The van der Waals surface area contributed by atoms with E-state index in [0.29, 0.717) is 5.92 Å². The van der Waals surface area contributed by atoms with Crippen molar-refractivity contribution in [2.24, 2.45) is 11.7 Å². The van der Waals surface area contributed by atoms with Gasteiger partial charge < -0.3 is 5.73 Å². The Morgan fingerprint density at radius 2 is 2.27 bits per heavy atom. The number of hydrogen-bond acceptors (Lipinski definition) is 2. The lowest BCUT2D eigenvalue weighted by atomic mass is 10.0. The number of hydrogen-bond donors (Lipinski definition) is 1. The molecule has 1 heterocycles. The molecule has 1 amide bonds. The Labute approximate surface area is 97.2 Å². The summed E-state index contributed by atoms with van der Waals surface area (Å²) in [6, 6.07) is 4.00. The molecule has 3 nitrogen and oxygen atoms in total. The highest BCUT2D eigenvalue weighted by molar-refractivity contribution is 9.10. The minimum atomic E-state index is -0.172. The van der Waals surface area contributed by atoms with Crippen LogP contribution in [0.5, 0.6) is 0 Å². The van der Waals surface area contributed by atoms with E-state index in [4.69, 9.17) is 5.73 Å². The molecule has 0 saturated heterocycles. The molecule has 4 heteroatoms. The molecule has 2 atom stereocenters. The maximum Gasteiger partial charge on any atom is 0.220 e. The lowest BCUT2D eigenvalue weighted by molar-refractivity contribution is -0.121. The monoisotopic (exact) mass is 268 g/mol. The van der Waals surface area contributed by atoms with E-state index in [9.17, 15) is 4.79 Å². The quantitative estimate of drug-likeness (QED) is 0.894. The first kappa shape index (κ1) is 10.6. The summed E-state index contributed by atoms with van der Waals surface area (Å²) in [7, 11) is 0. The molecule has 2 rings (SSSR count). The molecule has 0 aromatic carbocycles. The van der Waals surface area contributed by atoms with Gasteiger partial charge in [0.15, 0.2) is 0 Å². The van der Waals surface area contributed by atoms with Gasteiger partial charge in [-0.05, 0) is 47.3 Å². The van der Waals surface area contributed by atoms with Crippen molar-refractivity contribution in [1.82, 2.24) is 4.98 Å². The zero-order valence-corrected chi connectivity index (χ0v) is 9.90. The largest absolute Gasteiger partial charge is 0.369 e. The second-order valence-electron chi connectivity index (χ2n) is 4.01. The Hall–Kier alpha value is -0.900. The number of carbonyl (C=O) groups excluding carboxylic acids is 1. The molecule has 2 N–H and O–H groups in total. The van der Waals surface area contributed by atoms with E-state index in [0.717, 1.165) is 29.4 Å². The Balaban J connectivity index is 2.07. The molecule has 0 radical (unpaired) electrons. The van der Waals surface area contributed by atoms with Crippen molar-refractivity contribution >= 4 is 21.8 Å². The van der Waals surface area contributed by atoms with Crippen molar-refractivity contribution < 1.29 is 4.79 Å². The Morgan fingerprint density at radius 1 is 1.47 bits per heavy atom. The minimum Gasteiger partial charge on any atom is -0.369 e. The zero-order valence-electron chi connectivity index (χ0n) is 8.32. The Bertz CT molecular complexity index is 363. The summed E-state index contributed by atoms with van der Waals surface area (Å²) < 4.78 is 0.982. The van der Waals surface area contributed by atoms with Crippen molar-refractivity contribution in [3.8, 4) is 0 Å². The molecular weight excluding hydrogens is 256 g/mol. The van der Waals surface area contributed by atoms with Crippen LogP contribution in [0.3, 0.4) is 0 Å². The summed E-state index contributed by atoms with van der Waals surface area (Å²) in [5.41, 5.74) is 6.37. The first-order chi connectivity index (χ1) is 7.16. The lowest BCUT2D eigenvalue weighted by Crippen LogP contribution is -2.20. The van der Waals surface area contributed by atoms with Crippen LogP contribution in [0.1, 0.15) is 30.9 Å². The molecule has 1 aliphatic carbocycles. The van der Waals surface area contributed by atoms with Crippen LogP contribution >= 0.6 is 15.9 Å². The van der Waals surface area contributed by atoms with Crippen LogP contribution in [-0.2, 0) is 4.79 Å². The predicted molar refractivity (Wildman–Crippen MR) is 61.2 cm³/mol. The fourth-order valence-electron chi connectivity index (χ4n) is 2.14. The highest BCUT2D eigenvalue weighted by Crippen LogP contribution is 2.37. The Kier molecular flexibility index (Phi) is 3.05. The van der Waals surface area contributed by atoms with Crippen molar-refractivity contribution in [2.45, 2.75) is 25.2 Å². The fourth-order valence-corrected chi connectivity index (χ4v) is 2.37. The van der Waals surface area contributed by atoms with Gasteiger partial charge in [0, 0.05) is 28.2 Å². The average molecular weight is 269 g/mol. The van der Waals surface area contributed by atoms with E-state index in [2.05, 4.69) is 20.9 Å². The molecule has 1 saturated carbocycles. The first-order valence-electron chi connectivity index (χ1n) is 5.07. The van der Waals surface area contributed by atoms with Gasteiger partial charge in [-0.25, -0.2) is 0 Å². The first-order valence-corrected chi connectivity index (χ1v) is 5.87. The van der Waals surface area contributed by atoms with Crippen LogP contribution in [0.25, 0.3) is 0 Å². The zero-order chi connectivity index (χ0) is 10.8. The highest BCUT2D eigenvalue weighted by atomic mass is 79.9. The molecule has 15 heavy (non-hydrogen) atoms. The molecule has 2 unspecified atom stereocenters. The third kappa shape index (κ3) is 2.37. The molecule has 80 valence electrons. The number of halogens is 1. The molecule has 0 spiro atoms. The normalized spacial score (nSPS) is 25.4. The maximum atomic E-state index is 11.0. The van der Waals surface area contributed by atoms with Crippen LogP contribution in [0.2, 0.25) is 0 Å². The summed E-state index contributed by atoms with van der Waals surface area (Å²) in [5.74, 6) is 0.269. The van der Waals surface area contributed by atoms with E-state index in [-0.39, 0.29) is 11.8 Å². The number of primary amides is 1. The van der Waals surface area contributed by atoms with Gasteiger partial charge in [-0.15, -0.1) is 0 Å². The molecule has 0 aliphatic heterocycles. The number of amides is 1. The van der Waals surface area contributed by atoms with Gasteiger partial charge in [0.2, 0.25) is 5.91 Å². The van der Waals surface area contributed by atoms with E-state index >= 15 is 0 Å². The van der Waals surface area contributed by atoms with Gasteiger partial charge in [-0.2, -0.15) is 0 Å². The lowest BCUT2D eigenvalue weighted by Gasteiger charge is -2.08. The summed E-state index contributed by atoms with van der Waals surface area (Å²) in [4.78, 5) is 15.4. The van der Waals surface area contributed by atoms with Gasteiger partial charge >= 0.3 is 0 Å². The average Bonchev–Trinajstić information content (AvgIpc) is 2.68. The molecular formula is C11H13BrN2O. The summed E-state index contributed by atoms with van der Waals surface area (Å²) in [6.45, 7) is 0. The number of nitrogens with two attached hydrogens (primary N) is 1. The summed E-state index contributed by atoms with van der Waals surface area (Å²) >= 11 is 3.35. The minimum absolute atomic E-state index is 0.0421. The van der Waals surface area contributed by atoms with Crippen molar-refractivity contribution in [2.75, 3.05) is 0 Å². The van der Waals surface area contributed by atoms with Crippen LogP contribution in [0.15, 0.2) is 22.8 Å². The van der Waals surface area contributed by atoms with Gasteiger partial charge in [-0.3, -0.25) is 9.78 Å². The van der Waals surface area contributed by atoms with Crippen LogP contribution < -0.4 is 5.73 Å². The molecule has 1 aromatic rings. The second-order valence-corrected chi connectivity index (χ2v) is 4.93. The van der Waals surface area contributed by atoms with Crippen LogP contribution in [0.4, 0.5) is 0 Å². The molecule has 0 bridgehead atoms. The van der Waals surface area contributed by atoms with E-state index in [1.807, 2.05) is 12.1 Å².